The lowest BCUT2D eigenvalue weighted by molar-refractivity contribution is -0.132. The summed E-state index contributed by atoms with van der Waals surface area (Å²) in [6.07, 6.45) is 2.35. The van der Waals surface area contributed by atoms with Gasteiger partial charge < -0.3 is 10.6 Å². The second kappa shape index (κ2) is 5.47. The molecule has 1 amide bonds. The van der Waals surface area contributed by atoms with E-state index in [2.05, 4.69) is 0 Å². The monoisotopic (exact) mass is 213 g/mol. The van der Waals surface area contributed by atoms with Gasteiger partial charge in [0, 0.05) is 25.2 Å². The predicted octanol–water partition coefficient (Wildman–Crippen LogP) is 0.276. The van der Waals surface area contributed by atoms with Crippen LogP contribution in [-0.2, 0) is 4.79 Å². The molecule has 15 heavy (non-hydrogen) atoms. The fraction of sp³-hybridized carbons (Fsp3) is 0.909. The van der Waals surface area contributed by atoms with Gasteiger partial charge in [-0.25, -0.2) is 0 Å². The van der Waals surface area contributed by atoms with Crippen molar-refractivity contribution in [2.24, 2.45) is 5.73 Å². The Morgan fingerprint density at radius 2 is 2.13 bits per heavy atom. The van der Waals surface area contributed by atoms with Crippen molar-refractivity contribution < 1.29 is 4.79 Å². The van der Waals surface area contributed by atoms with Crippen LogP contribution in [0.2, 0.25) is 0 Å². The molecule has 1 aliphatic carbocycles. The topological polar surface area (TPSA) is 49.6 Å². The van der Waals surface area contributed by atoms with Gasteiger partial charge in [0.15, 0.2) is 0 Å². The van der Waals surface area contributed by atoms with E-state index in [-0.39, 0.29) is 11.9 Å². The van der Waals surface area contributed by atoms with E-state index in [1.54, 1.807) is 0 Å². The molecule has 1 saturated carbocycles. The minimum Gasteiger partial charge on any atom is -0.339 e. The number of hydrogen-bond acceptors (Lipinski definition) is 3. The largest absolute Gasteiger partial charge is 0.339 e. The van der Waals surface area contributed by atoms with Gasteiger partial charge in [0.05, 0.1) is 6.54 Å². The number of nitrogens with zero attached hydrogens (tertiary/aromatic N) is 2. The van der Waals surface area contributed by atoms with Crippen LogP contribution < -0.4 is 5.73 Å². The summed E-state index contributed by atoms with van der Waals surface area (Å²) in [6.45, 7) is 6.09. The molecule has 4 nitrogen and oxygen atoms in total. The fourth-order valence-electron chi connectivity index (χ4n) is 1.90. The molecule has 0 bridgehead atoms. The zero-order chi connectivity index (χ0) is 11.4. The average Bonchev–Trinajstić information content (AvgIpc) is 2.87. The lowest BCUT2D eigenvalue weighted by atomic mass is 10.3. The number of rotatable bonds is 6. The van der Waals surface area contributed by atoms with Gasteiger partial charge in [-0.2, -0.15) is 0 Å². The van der Waals surface area contributed by atoms with Crippen LogP contribution in [0.3, 0.4) is 0 Å². The summed E-state index contributed by atoms with van der Waals surface area (Å²) in [5.74, 6) is 0.239. The SMILES string of the molecule is CCN(C(=O)CN(C)CC(C)N)C1CC1. The molecule has 2 N–H and O–H groups in total. The van der Waals surface area contributed by atoms with E-state index in [1.807, 2.05) is 30.7 Å². The molecule has 1 atom stereocenters. The van der Waals surface area contributed by atoms with Crippen molar-refractivity contribution in [2.45, 2.75) is 38.8 Å². The molecule has 0 radical (unpaired) electrons. The maximum absolute atomic E-state index is 11.9. The Labute approximate surface area is 92.4 Å². The smallest absolute Gasteiger partial charge is 0.236 e. The Bertz CT molecular complexity index is 214. The Hall–Kier alpha value is -0.610. The number of carbonyl (C=O) groups excluding carboxylic acids is 1. The van der Waals surface area contributed by atoms with E-state index >= 15 is 0 Å². The number of hydrogen-bond donors (Lipinski definition) is 1. The summed E-state index contributed by atoms with van der Waals surface area (Å²) in [7, 11) is 1.95. The van der Waals surface area contributed by atoms with Crippen molar-refractivity contribution in [2.75, 3.05) is 26.7 Å². The van der Waals surface area contributed by atoms with Crippen LogP contribution in [0.1, 0.15) is 26.7 Å². The first-order valence-corrected chi connectivity index (χ1v) is 5.78. The number of amides is 1. The van der Waals surface area contributed by atoms with Crippen molar-refractivity contribution in [1.82, 2.24) is 9.80 Å². The van der Waals surface area contributed by atoms with Gasteiger partial charge in [0.2, 0.25) is 5.91 Å². The van der Waals surface area contributed by atoms with Gasteiger partial charge in [0.25, 0.3) is 0 Å². The first-order valence-electron chi connectivity index (χ1n) is 5.78. The maximum atomic E-state index is 11.9. The molecule has 1 aliphatic rings. The molecule has 0 heterocycles. The van der Waals surface area contributed by atoms with Crippen LogP contribution in [0.4, 0.5) is 0 Å². The van der Waals surface area contributed by atoms with Crippen molar-refractivity contribution in [1.29, 1.82) is 0 Å². The minimum absolute atomic E-state index is 0.124. The Morgan fingerprint density at radius 3 is 2.53 bits per heavy atom. The highest BCUT2D eigenvalue weighted by atomic mass is 16.2. The van der Waals surface area contributed by atoms with Crippen molar-refractivity contribution >= 4 is 5.91 Å². The molecule has 0 spiro atoms. The van der Waals surface area contributed by atoms with Crippen LogP contribution >= 0.6 is 0 Å². The number of likely N-dealkylation sites (N-methyl/N-ethyl adjacent to an activating group) is 2. The van der Waals surface area contributed by atoms with Gasteiger partial charge >= 0.3 is 0 Å². The van der Waals surface area contributed by atoms with Gasteiger partial charge in [-0.15, -0.1) is 0 Å². The van der Waals surface area contributed by atoms with Crippen molar-refractivity contribution in [3.63, 3.8) is 0 Å². The molecule has 1 rings (SSSR count). The van der Waals surface area contributed by atoms with Crippen LogP contribution in [0.15, 0.2) is 0 Å². The number of carbonyl (C=O) groups is 1. The van der Waals surface area contributed by atoms with E-state index in [0.717, 1.165) is 13.1 Å². The quantitative estimate of drug-likeness (QED) is 0.689. The zero-order valence-corrected chi connectivity index (χ0v) is 10.1. The molecule has 0 saturated heterocycles. The number of nitrogens with two attached hydrogens (primary N) is 1. The summed E-state index contributed by atoms with van der Waals surface area (Å²) in [4.78, 5) is 15.9. The second-order valence-electron chi connectivity index (χ2n) is 4.58. The third-order valence-corrected chi connectivity index (χ3v) is 2.65. The van der Waals surface area contributed by atoms with Gasteiger partial charge in [-0.05, 0) is 33.7 Å². The Kier molecular flexibility index (Phi) is 4.54. The summed E-state index contributed by atoms with van der Waals surface area (Å²) < 4.78 is 0. The summed E-state index contributed by atoms with van der Waals surface area (Å²) >= 11 is 0. The van der Waals surface area contributed by atoms with Gasteiger partial charge in [-0.3, -0.25) is 9.69 Å². The molecule has 1 unspecified atom stereocenters. The highest BCUT2D eigenvalue weighted by Crippen LogP contribution is 2.26. The van der Waals surface area contributed by atoms with E-state index in [1.165, 1.54) is 12.8 Å². The molecular formula is C11H23N3O. The predicted molar refractivity (Wildman–Crippen MR) is 61.6 cm³/mol. The maximum Gasteiger partial charge on any atom is 0.236 e. The molecule has 1 fully saturated rings. The molecule has 4 heteroatoms. The standard InChI is InChI=1S/C11H23N3O/c1-4-14(10-5-6-10)11(15)8-13(3)7-9(2)12/h9-10H,4-8,12H2,1-3H3. The minimum atomic E-state index is 0.124. The first kappa shape index (κ1) is 12.5. The average molecular weight is 213 g/mol. The molecule has 0 aromatic carbocycles. The lowest BCUT2D eigenvalue weighted by Crippen LogP contribution is -2.43. The lowest BCUT2D eigenvalue weighted by Gasteiger charge is -2.24. The van der Waals surface area contributed by atoms with Crippen molar-refractivity contribution in [3.8, 4) is 0 Å². The van der Waals surface area contributed by atoms with Gasteiger partial charge in [-0.1, -0.05) is 0 Å². The van der Waals surface area contributed by atoms with Gasteiger partial charge in [0.1, 0.15) is 0 Å². The first-order chi connectivity index (χ1) is 7.04. The Balaban J connectivity index is 2.32. The van der Waals surface area contributed by atoms with Crippen LogP contribution in [0.5, 0.6) is 0 Å². The van der Waals surface area contributed by atoms with Crippen LogP contribution in [0.25, 0.3) is 0 Å². The fourth-order valence-corrected chi connectivity index (χ4v) is 1.90. The molecule has 88 valence electrons. The molecule has 0 aliphatic heterocycles. The summed E-state index contributed by atoms with van der Waals surface area (Å²) in [6, 6.07) is 0.644. The molecular weight excluding hydrogens is 190 g/mol. The van der Waals surface area contributed by atoms with E-state index < -0.39 is 0 Å². The highest BCUT2D eigenvalue weighted by molar-refractivity contribution is 5.78. The van der Waals surface area contributed by atoms with E-state index in [0.29, 0.717) is 12.6 Å². The summed E-state index contributed by atoms with van der Waals surface area (Å²) in [5.41, 5.74) is 5.68. The molecule has 0 aromatic rings. The van der Waals surface area contributed by atoms with E-state index in [9.17, 15) is 4.79 Å². The van der Waals surface area contributed by atoms with Crippen LogP contribution in [0, 0.1) is 0 Å². The zero-order valence-electron chi connectivity index (χ0n) is 10.1. The molecule has 0 aromatic heterocycles. The third-order valence-electron chi connectivity index (χ3n) is 2.65. The van der Waals surface area contributed by atoms with Crippen LogP contribution in [-0.4, -0.2) is 54.5 Å². The highest BCUT2D eigenvalue weighted by Gasteiger charge is 2.31. The Morgan fingerprint density at radius 1 is 1.53 bits per heavy atom. The van der Waals surface area contributed by atoms with Crippen molar-refractivity contribution in [3.05, 3.63) is 0 Å². The third kappa shape index (κ3) is 4.18. The second-order valence-corrected chi connectivity index (χ2v) is 4.58. The van der Waals surface area contributed by atoms with E-state index in [4.69, 9.17) is 5.73 Å². The summed E-state index contributed by atoms with van der Waals surface area (Å²) in [5, 5.41) is 0. The normalized spacial score (nSPS) is 17.9.